The molecule has 4 atom stereocenters. The second-order valence-electron chi connectivity index (χ2n) is 7.74. The summed E-state index contributed by atoms with van der Waals surface area (Å²) in [5.74, 6) is 2.61. The maximum absolute atomic E-state index is 12.0. The van der Waals surface area contributed by atoms with Gasteiger partial charge >= 0.3 is 0 Å². The maximum Gasteiger partial charge on any atom is 0.155 e. The summed E-state index contributed by atoms with van der Waals surface area (Å²) in [5, 5.41) is 0. The molecule has 2 fully saturated rings. The average Bonchev–Trinajstić information content (AvgIpc) is 2.68. The van der Waals surface area contributed by atoms with Crippen LogP contribution in [0.5, 0.6) is 0 Å². The Balaban J connectivity index is 2.15. The summed E-state index contributed by atoms with van der Waals surface area (Å²) in [6, 6.07) is 0. The van der Waals surface area contributed by atoms with Crippen LogP contribution in [0.1, 0.15) is 60.3 Å². The molecule has 0 amide bonds. The lowest BCUT2D eigenvalue weighted by atomic mass is 9.65. The molecule has 1 unspecified atom stereocenters. The van der Waals surface area contributed by atoms with Gasteiger partial charge in [-0.25, -0.2) is 0 Å². The smallest absolute Gasteiger partial charge is 0.155 e. The Hall–Kier alpha value is -0.590. The van der Waals surface area contributed by atoms with Gasteiger partial charge in [-0.2, -0.15) is 0 Å². The summed E-state index contributed by atoms with van der Waals surface area (Å²) in [6.07, 6.45) is 5.16. The van der Waals surface area contributed by atoms with Gasteiger partial charge in [-0.1, -0.05) is 26.3 Å². The molecule has 2 bridgehead atoms. The highest BCUT2D eigenvalue weighted by Crippen LogP contribution is 2.72. The van der Waals surface area contributed by atoms with Gasteiger partial charge in [0.15, 0.2) is 5.78 Å². The van der Waals surface area contributed by atoms with E-state index in [2.05, 4.69) is 27.7 Å². The number of rotatable bonds is 1. The highest BCUT2D eigenvalue weighted by atomic mass is 16.1. The highest BCUT2D eigenvalue weighted by molar-refractivity contribution is 5.94. The summed E-state index contributed by atoms with van der Waals surface area (Å²) in [5.41, 5.74) is 3.44. The molecule has 0 heterocycles. The fraction of sp³-hybridized carbons (Fsp3) is 0.824. The van der Waals surface area contributed by atoms with E-state index in [0.717, 1.165) is 18.3 Å². The van der Waals surface area contributed by atoms with Crippen molar-refractivity contribution in [1.82, 2.24) is 0 Å². The first-order valence-electron chi connectivity index (χ1n) is 7.51. The molecule has 2 saturated carbocycles. The molecule has 100 valence electrons. The van der Waals surface area contributed by atoms with Crippen LogP contribution in [0.2, 0.25) is 0 Å². The van der Waals surface area contributed by atoms with Crippen LogP contribution in [0.3, 0.4) is 0 Å². The summed E-state index contributed by atoms with van der Waals surface area (Å²) >= 11 is 0. The third-order valence-electron chi connectivity index (χ3n) is 6.87. The number of Topliss-reactive ketones (excluding diaryl/α,β-unsaturated/α-hetero) is 1. The topological polar surface area (TPSA) is 17.1 Å². The van der Waals surface area contributed by atoms with E-state index in [1.807, 2.05) is 0 Å². The van der Waals surface area contributed by atoms with Crippen LogP contribution >= 0.6 is 0 Å². The lowest BCUT2D eigenvalue weighted by molar-refractivity contribution is -0.114. The second-order valence-corrected chi connectivity index (χ2v) is 7.74. The Morgan fingerprint density at radius 3 is 2.56 bits per heavy atom. The Labute approximate surface area is 111 Å². The fourth-order valence-corrected chi connectivity index (χ4v) is 5.84. The summed E-state index contributed by atoms with van der Waals surface area (Å²) in [4.78, 5) is 12.0. The third kappa shape index (κ3) is 1.26. The number of carbonyl (C=O) groups excluding carboxylic acids is 1. The van der Waals surface area contributed by atoms with Crippen molar-refractivity contribution in [1.29, 1.82) is 0 Å². The quantitative estimate of drug-likeness (QED) is 0.671. The molecule has 1 heteroatoms. The standard InChI is InChI=1S/C17H26O/c1-10-6-7-15-16(4,5)14-9-17(10,15)8-13(11(14)2)12(3)18/h10,14-15H,6-9H2,1-5H3/t10-,14-,15+,17?/m1/s1. The molecular weight excluding hydrogens is 220 g/mol. The number of carbonyl (C=O) groups is 1. The van der Waals surface area contributed by atoms with Gasteiger partial charge in [0.2, 0.25) is 0 Å². The van der Waals surface area contributed by atoms with Crippen molar-refractivity contribution in [3.63, 3.8) is 0 Å². The number of hydrogen-bond acceptors (Lipinski definition) is 1. The minimum atomic E-state index is 0.326. The Morgan fingerprint density at radius 1 is 1.28 bits per heavy atom. The van der Waals surface area contributed by atoms with Crippen molar-refractivity contribution in [2.45, 2.75) is 60.3 Å². The van der Waals surface area contributed by atoms with E-state index in [-0.39, 0.29) is 0 Å². The molecule has 0 aromatic rings. The molecule has 0 radical (unpaired) electrons. The number of fused-ring (bicyclic) bond motifs is 1. The van der Waals surface area contributed by atoms with Crippen LogP contribution < -0.4 is 0 Å². The molecule has 0 aromatic carbocycles. The lowest BCUT2D eigenvalue weighted by Gasteiger charge is -2.38. The number of allylic oxidation sites excluding steroid dienone is 2. The molecule has 3 aliphatic rings. The van der Waals surface area contributed by atoms with Gasteiger partial charge in [0, 0.05) is 0 Å². The van der Waals surface area contributed by atoms with Crippen LogP contribution in [-0.2, 0) is 4.79 Å². The zero-order valence-corrected chi connectivity index (χ0v) is 12.5. The molecule has 1 nitrogen and oxygen atoms in total. The molecular formula is C17H26O. The first-order valence-corrected chi connectivity index (χ1v) is 7.51. The van der Waals surface area contributed by atoms with Crippen molar-refractivity contribution in [2.24, 2.45) is 28.6 Å². The van der Waals surface area contributed by atoms with Gasteiger partial charge in [-0.05, 0) is 73.7 Å². The lowest BCUT2D eigenvalue weighted by Crippen LogP contribution is -2.32. The predicted octanol–water partition coefficient (Wildman–Crippen LogP) is 4.37. The highest BCUT2D eigenvalue weighted by Gasteiger charge is 2.64. The molecule has 0 N–H and O–H groups in total. The maximum atomic E-state index is 12.0. The largest absolute Gasteiger partial charge is 0.295 e. The van der Waals surface area contributed by atoms with Crippen molar-refractivity contribution >= 4 is 5.78 Å². The summed E-state index contributed by atoms with van der Waals surface area (Å²) < 4.78 is 0. The second kappa shape index (κ2) is 3.49. The Bertz CT molecular complexity index is 443. The zero-order chi connectivity index (χ0) is 13.3. The summed E-state index contributed by atoms with van der Waals surface area (Å²) in [6.45, 7) is 11.3. The van der Waals surface area contributed by atoms with E-state index >= 15 is 0 Å². The predicted molar refractivity (Wildman–Crippen MR) is 74.2 cm³/mol. The van der Waals surface area contributed by atoms with Gasteiger partial charge in [-0.3, -0.25) is 4.79 Å². The fourth-order valence-electron chi connectivity index (χ4n) is 5.84. The van der Waals surface area contributed by atoms with Gasteiger partial charge in [0.1, 0.15) is 0 Å². The van der Waals surface area contributed by atoms with E-state index in [1.54, 1.807) is 6.92 Å². The van der Waals surface area contributed by atoms with Gasteiger partial charge in [0.25, 0.3) is 0 Å². The van der Waals surface area contributed by atoms with Gasteiger partial charge in [0.05, 0.1) is 0 Å². The van der Waals surface area contributed by atoms with Crippen LogP contribution in [0, 0.1) is 28.6 Å². The van der Waals surface area contributed by atoms with Crippen molar-refractivity contribution in [3.8, 4) is 0 Å². The average molecular weight is 246 g/mol. The van der Waals surface area contributed by atoms with E-state index < -0.39 is 0 Å². The first-order chi connectivity index (χ1) is 8.30. The number of ketones is 1. The minimum Gasteiger partial charge on any atom is -0.295 e. The van der Waals surface area contributed by atoms with Crippen molar-refractivity contribution in [2.75, 3.05) is 0 Å². The van der Waals surface area contributed by atoms with Crippen LogP contribution in [0.15, 0.2) is 11.1 Å². The van der Waals surface area contributed by atoms with E-state index in [1.165, 1.54) is 30.4 Å². The van der Waals surface area contributed by atoms with E-state index in [0.29, 0.717) is 22.5 Å². The summed E-state index contributed by atoms with van der Waals surface area (Å²) in [7, 11) is 0. The molecule has 3 rings (SSSR count). The normalized spacial score (nSPS) is 45.3. The van der Waals surface area contributed by atoms with Gasteiger partial charge < -0.3 is 0 Å². The van der Waals surface area contributed by atoms with Crippen molar-refractivity contribution in [3.05, 3.63) is 11.1 Å². The molecule has 0 saturated heterocycles. The molecule has 18 heavy (non-hydrogen) atoms. The Morgan fingerprint density at radius 2 is 1.94 bits per heavy atom. The third-order valence-corrected chi connectivity index (χ3v) is 6.87. The van der Waals surface area contributed by atoms with Crippen molar-refractivity contribution < 1.29 is 4.79 Å². The first kappa shape index (κ1) is 12.4. The molecule has 0 aliphatic heterocycles. The minimum absolute atomic E-state index is 0.326. The molecule has 0 aromatic heterocycles. The monoisotopic (exact) mass is 246 g/mol. The Kier molecular flexibility index (Phi) is 2.41. The van der Waals surface area contributed by atoms with Crippen LogP contribution in [-0.4, -0.2) is 5.78 Å². The van der Waals surface area contributed by atoms with E-state index in [9.17, 15) is 4.79 Å². The van der Waals surface area contributed by atoms with Gasteiger partial charge in [-0.15, -0.1) is 0 Å². The van der Waals surface area contributed by atoms with Crippen LogP contribution in [0.4, 0.5) is 0 Å². The van der Waals surface area contributed by atoms with E-state index in [4.69, 9.17) is 0 Å². The van der Waals surface area contributed by atoms with Crippen LogP contribution in [0.25, 0.3) is 0 Å². The molecule has 3 aliphatic carbocycles. The zero-order valence-electron chi connectivity index (χ0n) is 12.5. The molecule has 1 spiro atoms. The SMILES string of the molecule is CC(=O)C1=C(C)[C@H]2CC3(C1)[C@H](C)CC[C@H]3C2(C)C. The number of hydrogen-bond donors (Lipinski definition) is 0.